The van der Waals surface area contributed by atoms with E-state index < -0.39 is 24.3 Å². The Morgan fingerprint density at radius 3 is 1.19 bits per heavy atom. The number of likely N-dealkylation sites (N-methyl/N-ethyl adjacent to an activating group) is 1. The van der Waals surface area contributed by atoms with Crippen molar-refractivity contribution >= 4 is 17.9 Å². The van der Waals surface area contributed by atoms with Crippen LogP contribution in [0.5, 0.6) is 0 Å². The minimum absolute atomic E-state index is 0.146. The van der Waals surface area contributed by atoms with Gasteiger partial charge in [-0.2, -0.15) is 0 Å². The Morgan fingerprint density at radius 2 is 0.786 bits per heavy atom. The maximum Gasteiger partial charge on any atom is 0.306 e. The molecule has 0 N–H and O–H groups in total. The van der Waals surface area contributed by atoms with Crippen LogP contribution in [0.3, 0.4) is 0 Å². The second-order valence-electron chi connectivity index (χ2n) is 21.3. The number of quaternary nitrogens is 1. The van der Waals surface area contributed by atoms with E-state index >= 15 is 0 Å². The zero-order valence-electron chi connectivity index (χ0n) is 46.7. The lowest BCUT2D eigenvalue weighted by atomic mass is 10.0. The van der Waals surface area contributed by atoms with E-state index in [0.29, 0.717) is 23.9 Å². The van der Waals surface area contributed by atoms with Crippen LogP contribution in [-0.4, -0.2) is 82.3 Å². The number of rotatable bonds is 55. The zero-order chi connectivity index (χ0) is 51.3. The standard InChI is InChI=1S/C61H113NO8/c1-6-8-10-12-14-16-18-20-22-23-24-25-26-27-28-29-30-31-32-33-34-35-36-37-38-40-41-43-45-47-49-51-58(63)68-55-57(56-69-61(60(65)66)67-54-53-62(3,4)5)70-59(64)52-50-48-46-44-42-39-21-19-17-15-13-11-9-7-2/h13,15,19,21,23-24,57,61H,6-12,14,16-18,20,22,25-56H2,1-5H3/b15-13-,21-19-,24-23-. The summed E-state index contributed by atoms with van der Waals surface area (Å²) in [4.78, 5) is 37.2. The van der Waals surface area contributed by atoms with Crippen LogP contribution >= 0.6 is 0 Å². The maximum absolute atomic E-state index is 12.8. The van der Waals surface area contributed by atoms with Gasteiger partial charge in [-0.05, 0) is 64.2 Å². The van der Waals surface area contributed by atoms with Gasteiger partial charge in [-0.1, -0.05) is 237 Å². The Labute approximate surface area is 432 Å². The zero-order valence-corrected chi connectivity index (χ0v) is 46.7. The predicted molar refractivity (Wildman–Crippen MR) is 293 cm³/mol. The molecule has 2 unspecified atom stereocenters. The molecule has 0 saturated carbocycles. The van der Waals surface area contributed by atoms with E-state index in [4.69, 9.17) is 18.9 Å². The van der Waals surface area contributed by atoms with E-state index in [1.807, 2.05) is 21.1 Å². The van der Waals surface area contributed by atoms with E-state index in [1.54, 1.807) is 0 Å². The molecule has 0 radical (unpaired) electrons. The molecule has 2 atom stereocenters. The quantitative estimate of drug-likeness (QED) is 0.0195. The lowest BCUT2D eigenvalue weighted by Crippen LogP contribution is -2.44. The molecule has 0 heterocycles. The van der Waals surface area contributed by atoms with E-state index in [-0.39, 0.29) is 32.2 Å². The van der Waals surface area contributed by atoms with Crippen molar-refractivity contribution in [1.29, 1.82) is 0 Å². The second kappa shape index (κ2) is 52.8. The van der Waals surface area contributed by atoms with Crippen molar-refractivity contribution < 1.29 is 42.9 Å². The molecule has 9 nitrogen and oxygen atoms in total. The minimum atomic E-state index is -1.62. The van der Waals surface area contributed by atoms with E-state index in [1.165, 1.54) is 180 Å². The Kier molecular flexibility index (Phi) is 50.9. The number of carboxylic acids is 1. The van der Waals surface area contributed by atoms with E-state index in [9.17, 15) is 19.5 Å². The highest BCUT2D eigenvalue weighted by Gasteiger charge is 2.22. The van der Waals surface area contributed by atoms with Gasteiger partial charge in [0.1, 0.15) is 13.2 Å². The van der Waals surface area contributed by atoms with Crippen LogP contribution in [0, 0.1) is 0 Å². The Bertz CT molecular complexity index is 1240. The number of allylic oxidation sites excluding steroid dienone is 6. The van der Waals surface area contributed by atoms with Gasteiger partial charge in [0.2, 0.25) is 0 Å². The van der Waals surface area contributed by atoms with Gasteiger partial charge >= 0.3 is 11.9 Å². The Morgan fingerprint density at radius 1 is 0.429 bits per heavy atom. The first-order valence-electron chi connectivity index (χ1n) is 29.6. The van der Waals surface area contributed by atoms with Crippen LogP contribution in [0.25, 0.3) is 0 Å². The highest BCUT2D eigenvalue weighted by atomic mass is 16.7. The average molecular weight is 989 g/mol. The Hall–Kier alpha value is -2.49. The smallest absolute Gasteiger partial charge is 0.306 e. The molecule has 0 rings (SSSR count). The normalized spacial score (nSPS) is 13.0. The summed E-state index contributed by atoms with van der Waals surface area (Å²) in [5, 5.41) is 11.7. The summed E-state index contributed by atoms with van der Waals surface area (Å²) < 4.78 is 22.7. The number of carbonyl (C=O) groups excluding carboxylic acids is 3. The molecule has 0 aromatic heterocycles. The van der Waals surface area contributed by atoms with Crippen LogP contribution < -0.4 is 5.11 Å². The second-order valence-corrected chi connectivity index (χ2v) is 21.3. The average Bonchev–Trinajstić information content (AvgIpc) is 3.33. The molecule has 0 aliphatic rings. The molecule has 0 amide bonds. The number of hydrogen-bond donors (Lipinski definition) is 0. The molecule has 0 aromatic carbocycles. The highest BCUT2D eigenvalue weighted by molar-refractivity contribution is 5.70. The van der Waals surface area contributed by atoms with Gasteiger partial charge in [-0.3, -0.25) is 9.59 Å². The van der Waals surface area contributed by atoms with Crippen molar-refractivity contribution in [3.05, 3.63) is 36.5 Å². The summed E-state index contributed by atoms with van der Waals surface area (Å²) in [6.45, 7) is 4.72. The molecule has 0 bridgehead atoms. The maximum atomic E-state index is 12.8. The van der Waals surface area contributed by atoms with E-state index in [0.717, 1.165) is 64.2 Å². The SMILES string of the molecule is CCCC/C=C\C/C=C\CCCCCCCC(=O)OC(COC(=O)CCCCCCCCCCCCCCCCCCCCC/C=C\CCCCCCCCCC)COC(OCC[N+](C)(C)C)C(=O)[O-]. The van der Waals surface area contributed by atoms with Gasteiger partial charge in [0.25, 0.3) is 0 Å². The van der Waals surface area contributed by atoms with Crippen LogP contribution in [0.4, 0.5) is 0 Å². The third-order valence-corrected chi connectivity index (χ3v) is 13.1. The van der Waals surface area contributed by atoms with Crippen molar-refractivity contribution in [2.75, 3.05) is 47.5 Å². The summed E-state index contributed by atoms with van der Waals surface area (Å²) in [5.74, 6) is -2.29. The van der Waals surface area contributed by atoms with Gasteiger partial charge in [-0.15, -0.1) is 0 Å². The first-order chi connectivity index (χ1) is 34.1. The molecule has 70 heavy (non-hydrogen) atoms. The number of ether oxygens (including phenoxy) is 4. The van der Waals surface area contributed by atoms with Crippen molar-refractivity contribution in [1.82, 2.24) is 0 Å². The Balaban J connectivity index is 4.06. The fourth-order valence-electron chi connectivity index (χ4n) is 8.49. The molecule has 0 aliphatic carbocycles. The topological polar surface area (TPSA) is 111 Å². The number of carbonyl (C=O) groups is 3. The first-order valence-corrected chi connectivity index (χ1v) is 29.6. The fraction of sp³-hybridized carbons (Fsp3) is 0.852. The molecule has 0 spiro atoms. The molecule has 0 aliphatic heterocycles. The third-order valence-electron chi connectivity index (χ3n) is 13.1. The lowest BCUT2D eigenvalue weighted by Gasteiger charge is -2.26. The predicted octanol–water partition coefficient (Wildman–Crippen LogP) is 16.0. The molecular formula is C61H113NO8. The van der Waals surface area contributed by atoms with Crippen LogP contribution in [0.2, 0.25) is 0 Å². The number of carboxylic acid groups (broad SMARTS) is 1. The highest BCUT2D eigenvalue weighted by Crippen LogP contribution is 2.17. The van der Waals surface area contributed by atoms with Crippen molar-refractivity contribution in [3.63, 3.8) is 0 Å². The molecule has 0 fully saturated rings. The number of aliphatic carboxylic acids is 1. The van der Waals surface area contributed by atoms with Crippen molar-refractivity contribution in [2.45, 2.75) is 289 Å². The number of hydrogen-bond acceptors (Lipinski definition) is 8. The summed E-state index contributed by atoms with van der Waals surface area (Å²) >= 11 is 0. The summed E-state index contributed by atoms with van der Waals surface area (Å²) in [5.41, 5.74) is 0. The summed E-state index contributed by atoms with van der Waals surface area (Å²) in [6, 6.07) is 0. The number of nitrogens with zero attached hydrogens (tertiary/aromatic N) is 1. The third kappa shape index (κ3) is 53.3. The molecule has 9 heteroatoms. The van der Waals surface area contributed by atoms with Crippen LogP contribution in [0.15, 0.2) is 36.5 Å². The number of unbranched alkanes of at least 4 members (excludes halogenated alkanes) is 34. The molecule has 410 valence electrons. The summed E-state index contributed by atoms with van der Waals surface area (Å²) in [6.07, 6.45) is 60.7. The largest absolute Gasteiger partial charge is 0.545 e. The van der Waals surface area contributed by atoms with Crippen molar-refractivity contribution in [3.8, 4) is 0 Å². The van der Waals surface area contributed by atoms with Crippen LogP contribution in [-0.2, 0) is 33.3 Å². The number of esters is 2. The fourth-order valence-corrected chi connectivity index (χ4v) is 8.49. The minimum Gasteiger partial charge on any atom is -0.545 e. The molecule has 0 aromatic rings. The molecule has 0 saturated heterocycles. The summed E-state index contributed by atoms with van der Waals surface area (Å²) in [7, 11) is 5.92. The van der Waals surface area contributed by atoms with Crippen molar-refractivity contribution in [2.24, 2.45) is 0 Å². The lowest BCUT2D eigenvalue weighted by molar-refractivity contribution is -0.870. The van der Waals surface area contributed by atoms with E-state index in [2.05, 4.69) is 50.3 Å². The van der Waals surface area contributed by atoms with Gasteiger partial charge < -0.3 is 33.3 Å². The van der Waals surface area contributed by atoms with Gasteiger partial charge in [0, 0.05) is 12.8 Å². The van der Waals surface area contributed by atoms with Crippen LogP contribution in [0.1, 0.15) is 277 Å². The first kappa shape index (κ1) is 67.5. The van der Waals surface area contributed by atoms with Gasteiger partial charge in [-0.25, -0.2) is 0 Å². The monoisotopic (exact) mass is 988 g/mol. The van der Waals surface area contributed by atoms with Gasteiger partial charge in [0.15, 0.2) is 12.4 Å². The van der Waals surface area contributed by atoms with Gasteiger partial charge in [0.05, 0.1) is 40.3 Å². The molecular weight excluding hydrogens is 875 g/mol.